The van der Waals surface area contributed by atoms with E-state index in [4.69, 9.17) is 9.72 Å². The van der Waals surface area contributed by atoms with Crippen LogP contribution in [-0.2, 0) is 10.5 Å². The second-order valence-electron chi connectivity index (χ2n) is 6.30. The van der Waals surface area contributed by atoms with Gasteiger partial charge in [0, 0.05) is 11.8 Å². The predicted molar refractivity (Wildman–Crippen MR) is 102 cm³/mol. The van der Waals surface area contributed by atoms with Crippen molar-refractivity contribution in [2.45, 2.75) is 29.8 Å². The largest absolute Gasteiger partial charge is 0.465 e. The molecule has 0 radical (unpaired) electrons. The van der Waals surface area contributed by atoms with Crippen molar-refractivity contribution in [1.29, 1.82) is 0 Å². The number of hydrogen-bond donors (Lipinski definition) is 0. The zero-order chi connectivity index (χ0) is 18.1. The Bertz CT molecular complexity index is 1020. The highest BCUT2D eigenvalue weighted by Gasteiger charge is 2.28. The van der Waals surface area contributed by atoms with Crippen molar-refractivity contribution in [3.8, 4) is 0 Å². The number of ether oxygens (including phenoxy) is 1. The number of esters is 1. The Balaban J connectivity index is 1.62. The van der Waals surface area contributed by atoms with E-state index in [0.717, 1.165) is 29.1 Å². The molecule has 0 N–H and O–H groups in total. The van der Waals surface area contributed by atoms with Crippen molar-refractivity contribution in [1.82, 2.24) is 9.55 Å². The van der Waals surface area contributed by atoms with Gasteiger partial charge in [0.2, 0.25) is 0 Å². The third-order valence-corrected chi connectivity index (χ3v) is 5.45. The van der Waals surface area contributed by atoms with Crippen LogP contribution in [-0.4, -0.2) is 22.6 Å². The molecule has 0 bridgehead atoms. The molecule has 132 valence electrons. The number of methoxy groups -OCH3 is 1. The molecule has 0 aliphatic heterocycles. The molecular weight excluding hydrogens is 348 g/mol. The number of carbonyl (C=O) groups is 1. The fourth-order valence-corrected chi connectivity index (χ4v) is 3.91. The molecular formula is C20H18N2O3S. The quantitative estimate of drug-likeness (QED) is 0.390. The van der Waals surface area contributed by atoms with Gasteiger partial charge in [-0.25, -0.2) is 9.78 Å². The summed E-state index contributed by atoms with van der Waals surface area (Å²) in [5, 5.41) is 1.43. The van der Waals surface area contributed by atoms with Gasteiger partial charge < -0.3 is 4.74 Å². The lowest BCUT2D eigenvalue weighted by Gasteiger charge is -2.12. The summed E-state index contributed by atoms with van der Waals surface area (Å²) in [5.74, 6) is 0.335. The fraction of sp³-hybridized carbons (Fsp3) is 0.250. The van der Waals surface area contributed by atoms with Crippen LogP contribution < -0.4 is 5.56 Å². The van der Waals surface area contributed by atoms with E-state index in [0.29, 0.717) is 16.7 Å². The van der Waals surface area contributed by atoms with E-state index in [1.54, 1.807) is 23.9 Å². The second kappa shape index (κ2) is 6.96. The molecule has 4 rings (SSSR count). The summed E-state index contributed by atoms with van der Waals surface area (Å²) >= 11 is 1.55. The number of benzene rings is 2. The third kappa shape index (κ3) is 3.24. The summed E-state index contributed by atoms with van der Waals surface area (Å²) in [6.45, 7) is 0. The highest BCUT2D eigenvalue weighted by atomic mass is 32.2. The van der Waals surface area contributed by atoms with Crippen molar-refractivity contribution in [3.05, 3.63) is 70.0 Å². The van der Waals surface area contributed by atoms with Crippen LogP contribution in [0.15, 0.2) is 58.5 Å². The highest BCUT2D eigenvalue weighted by Crippen LogP contribution is 2.37. The van der Waals surface area contributed by atoms with Gasteiger partial charge in [0.15, 0.2) is 5.16 Å². The van der Waals surface area contributed by atoms with Crippen LogP contribution in [0.25, 0.3) is 10.9 Å². The zero-order valence-electron chi connectivity index (χ0n) is 14.3. The first kappa shape index (κ1) is 16.8. The van der Waals surface area contributed by atoms with E-state index in [9.17, 15) is 9.59 Å². The highest BCUT2D eigenvalue weighted by molar-refractivity contribution is 7.98. The van der Waals surface area contributed by atoms with Crippen LogP contribution in [0, 0.1) is 0 Å². The van der Waals surface area contributed by atoms with Gasteiger partial charge in [-0.05, 0) is 42.7 Å². The van der Waals surface area contributed by atoms with Crippen LogP contribution >= 0.6 is 11.8 Å². The number of para-hydroxylation sites is 1. The summed E-state index contributed by atoms with van der Waals surface area (Å²) in [4.78, 5) is 29.1. The first-order valence-corrected chi connectivity index (χ1v) is 9.47. The van der Waals surface area contributed by atoms with E-state index >= 15 is 0 Å². The lowest BCUT2D eigenvalue weighted by atomic mass is 10.1. The van der Waals surface area contributed by atoms with E-state index in [1.807, 2.05) is 41.0 Å². The van der Waals surface area contributed by atoms with Gasteiger partial charge in [0.05, 0.1) is 23.6 Å². The summed E-state index contributed by atoms with van der Waals surface area (Å²) in [6.07, 6.45) is 2.06. The molecule has 26 heavy (non-hydrogen) atoms. The van der Waals surface area contributed by atoms with Crippen LogP contribution in [0.5, 0.6) is 0 Å². The first-order valence-electron chi connectivity index (χ1n) is 8.48. The van der Waals surface area contributed by atoms with Gasteiger partial charge in [-0.15, -0.1) is 0 Å². The first-order chi connectivity index (χ1) is 12.7. The molecule has 2 aromatic carbocycles. The Hall–Kier alpha value is -2.60. The van der Waals surface area contributed by atoms with Crippen molar-refractivity contribution in [3.63, 3.8) is 0 Å². The molecule has 3 aromatic rings. The minimum Gasteiger partial charge on any atom is -0.465 e. The SMILES string of the molecule is COC(=O)c1ccc(CSc2nc3ccccc3c(=O)n2C2CC2)cc1. The van der Waals surface area contributed by atoms with Crippen molar-refractivity contribution < 1.29 is 9.53 Å². The molecule has 1 fully saturated rings. The average molecular weight is 366 g/mol. The lowest BCUT2D eigenvalue weighted by Crippen LogP contribution is -2.22. The summed E-state index contributed by atoms with van der Waals surface area (Å²) < 4.78 is 6.56. The van der Waals surface area contributed by atoms with Crippen molar-refractivity contribution in [2.24, 2.45) is 0 Å². The maximum atomic E-state index is 12.9. The van der Waals surface area contributed by atoms with Gasteiger partial charge >= 0.3 is 5.97 Å². The standard InChI is InChI=1S/C20H18N2O3S/c1-25-19(24)14-8-6-13(7-9-14)12-26-20-21-17-5-3-2-4-16(17)18(23)22(20)15-10-11-15/h2-9,15H,10-12H2,1H3. The normalized spacial score (nSPS) is 13.7. The Morgan fingerprint density at radius 3 is 2.62 bits per heavy atom. The lowest BCUT2D eigenvalue weighted by molar-refractivity contribution is 0.0600. The minimum atomic E-state index is -0.344. The van der Waals surface area contributed by atoms with Crippen LogP contribution in [0.4, 0.5) is 0 Å². The number of carbonyl (C=O) groups excluding carboxylic acids is 1. The molecule has 1 saturated carbocycles. The van der Waals surface area contributed by atoms with Gasteiger partial charge in [-0.1, -0.05) is 36.0 Å². The molecule has 0 amide bonds. The number of aromatic nitrogens is 2. The summed E-state index contributed by atoms with van der Waals surface area (Å²) in [7, 11) is 1.37. The Morgan fingerprint density at radius 1 is 1.19 bits per heavy atom. The number of thioether (sulfide) groups is 1. The van der Waals surface area contributed by atoms with Crippen LogP contribution in [0.1, 0.15) is 34.8 Å². The number of hydrogen-bond acceptors (Lipinski definition) is 5. The summed E-state index contributed by atoms with van der Waals surface area (Å²) in [6, 6.07) is 15.1. The van der Waals surface area contributed by atoms with Gasteiger partial charge in [-0.2, -0.15) is 0 Å². The summed E-state index contributed by atoms with van der Waals surface area (Å²) in [5.41, 5.74) is 2.37. The predicted octanol–water partition coefficient (Wildman–Crippen LogP) is 3.81. The molecule has 6 heteroatoms. The van der Waals surface area contributed by atoms with Crippen LogP contribution in [0.3, 0.4) is 0 Å². The van der Waals surface area contributed by atoms with Gasteiger partial charge in [0.1, 0.15) is 0 Å². The molecule has 0 unspecified atom stereocenters. The molecule has 1 aliphatic carbocycles. The fourth-order valence-electron chi connectivity index (χ4n) is 2.88. The maximum absolute atomic E-state index is 12.9. The molecule has 1 heterocycles. The number of fused-ring (bicyclic) bond motifs is 1. The number of nitrogens with zero attached hydrogens (tertiary/aromatic N) is 2. The third-order valence-electron chi connectivity index (χ3n) is 4.43. The van der Waals surface area contributed by atoms with Crippen molar-refractivity contribution >= 4 is 28.6 Å². The van der Waals surface area contributed by atoms with E-state index < -0.39 is 0 Å². The molecule has 5 nitrogen and oxygen atoms in total. The smallest absolute Gasteiger partial charge is 0.337 e. The van der Waals surface area contributed by atoms with E-state index in [1.165, 1.54) is 7.11 Å². The maximum Gasteiger partial charge on any atom is 0.337 e. The Morgan fingerprint density at radius 2 is 1.92 bits per heavy atom. The molecule has 0 saturated heterocycles. The monoisotopic (exact) mass is 366 g/mol. The van der Waals surface area contributed by atoms with E-state index in [-0.39, 0.29) is 17.6 Å². The average Bonchev–Trinajstić information content (AvgIpc) is 3.51. The van der Waals surface area contributed by atoms with Crippen molar-refractivity contribution in [2.75, 3.05) is 7.11 Å². The second-order valence-corrected chi connectivity index (χ2v) is 7.24. The topological polar surface area (TPSA) is 61.2 Å². The molecule has 0 spiro atoms. The van der Waals surface area contributed by atoms with Crippen LogP contribution in [0.2, 0.25) is 0 Å². The van der Waals surface area contributed by atoms with Gasteiger partial charge in [0.25, 0.3) is 5.56 Å². The molecule has 1 aliphatic rings. The van der Waals surface area contributed by atoms with Gasteiger partial charge in [-0.3, -0.25) is 9.36 Å². The molecule has 1 aromatic heterocycles. The Labute approximate surface area is 155 Å². The van der Waals surface area contributed by atoms with E-state index in [2.05, 4.69) is 0 Å². The molecule has 0 atom stereocenters. The minimum absolute atomic E-state index is 0.0432. The number of rotatable bonds is 5. The Kier molecular flexibility index (Phi) is 4.51. The zero-order valence-corrected chi connectivity index (χ0v) is 15.2.